The molecule has 5 heteroatoms. The minimum atomic E-state index is -0.205. The summed E-state index contributed by atoms with van der Waals surface area (Å²) >= 11 is 0. The lowest BCUT2D eigenvalue weighted by Crippen LogP contribution is -2.39. The second kappa shape index (κ2) is 8.86. The molecule has 1 heterocycles. The van der Waals surface area contributed by atoms with Gasteiger partial charge in [-0.3, -0.25) is 14.6 Å². The van der Waals surface area contributed by atoms with Crippen molar-refractivity contribution in [2.45, 2.75) is 34.1 Å². The second-order valence-electron chi connectivity index (χ2n) is 7.41. The molecule has 1 aromatic heterocycles. The van der Waals surface area contributed by atoms with E-state index in [-0.39, 0.29) is 18.4 Å². The molecule has 0 aliphatic rings. The number of benzene rings is 2. The Morgan fingerprint density at radius 2 is 1.79 bits per heavy atom. The highest BCUT2D eigenvalue weighted by Crippen LogP contribution is 2.20. The van der Waals surface area contributed by atoms with E-state index in [2.05, 4.69) is 10.3 Å². The summed E-state index contributed by atoms with van der Waals surface area (Å²) < 4.78 is 0. The number of para-hydroxylation sites is 1. The van der Waals surface area contributed by atoms with Gasteiger partial charge >= 0.3 is 0 Å². The van der Waals surface area contributed by atoms with Gasteiger partial charge in [0.15, 0.2) is 0 Å². The number of aromatic nitrogens is 1. The zero-order valence-corrected chi connectivity index (χ0v) is 17.5. The van der Waals surface area contributed by atoms with Crippen LogP contribution in [0.5, 0.6) is 0 Å². The summed E-state index contributed by atoms with van der Waals surface area (Å²) in [4.78, 5) is 32.0. The van der Waals surface area contributed by atoms with Crippen molar-refractivity contribution in [3.8, 4) is 0 Å². The lowest BCUT2D eigenvalue weighted by atomic mass is 10.1. The first-order valence-corrected chi connectivity index (χ1v) is 9.91. The Hall–Kier alpha value is -3.21. The first-order valence-electron chi connectivity index (χ1n) is 9.91. The van der Waals surface area contributed by atoms with E-state index < -0.39 is 0 Å². The van der Waals surface area contributed by atoms with E-state index in [1.54, 1.807) is 4.90 Å². The Labute approximate surface area is 171 Å². The van der Waals surface area contributed by atoms with Crippen LogP contribution in [0, 0.1) is 20.8 Å². The molecule has 0 fully saturated rings. The highest BCUT2D eigenvalue weighted by molar-refractivity contribution is 6.02. The summed E-state index contributed by atoms with van der Waals surface area (Å²) in [7, 11) is 0. The number of nitrogens with zero attached hydrogens (tertiary/aromatic N) is 2. The van der Waals surface area contributed by atoms with Crippen LogP contribution >= 0.6 is 0 Å². The average molecular weight is 389 g/mol. The minimum Gasteiger partial charge on any atom is -0.329 e. The number of hydrogen-bond acceptors (Lipinski definition) is 3. The van der Waals surface area contributed by atoms with Gasteiger partial charge in [-0.15, -0.1) is 0 Å². The van der Waals surface area contributed by atoms with E-state index in [1.165, 1.54) is 0 Å². The van der Waals surface area contributed by atoms with Crippen molar-refractivity contribution in [2.75, 3.05) is 18.4 Å². The van der Waals surface area contributed by atoms with Crippen LogP contribution in [0.3, 0.4) is 0 Å². The monoisotopic (exact) mass is 389 g/mol. The number of fused-ring (bicyclic) bond motifs is 1. The molecular weight excluding hydrogens is 362 g/mol. The van der Waals surface area contributed by atoms with Gasteiger partial charge in [-0.05, 0) is 56.5 Å². The number of pyridine rings is 1. The van der Waals surface area contributed by atoms with Crippen molar-refractivity contribution < 1.29 is 9.59 Å². The molecule has 5 nitrogen and oxygen atoms in total. The minimum absolute atomic E-state index is 0.00633. The molecule has 0 aliphatic carbocycles. The van der Waals surface area contributed by atoms with E-state index in [1.807, 2.05) is 76.2 Å². The van der Waals surface area contributed by atoms with Crippen molar-refractivity contribution in [3.05, 3.63) is 70.9 Å². The molecule has 0 radical (unpaired) electrons. The van der Waals surface area contributed by atoms with E-state index in [0.717, 1.165) is 34.1 Å². The van der Waals surface area contributed by atoms with Gasteiger partial charge in [0.2, 0.25) is 5.91 Å². The third-order valence-corrected chi connectivity index (χ3v) is 4.93. The van der Waals surface area contributed by atoms with Gasteiger partial charge < -0.3 is 10.2 Å². The summed E-state index contributed by atoms with van der Waals surface area (Å²) in [6.45, 7) is 8.31. The van der Waals surface area contributed by atoms with Crippen molar-refractivity contribution in [1.29, 1.82) is 0 Å². The molecule has 3 aromatic rings. The quantitative estimate of drug-likeness (QED) is 0.667. The predicted molar refractivity (Wildman–Crippen MR) is 117 cm³/mol. The summed E-state index contributed by atoms with van der Waals surface area (Å²) in [6, 6.07) is 15.5. The Bertz CT molecular complexity index is 1060. The number of nitrogens with one attached hydrogen (secondary N) is 1. The summed E-state index contributed by atoms with van der Waals surface area (Å²) in [5.74, 6) is -0.373. The summed E-state index contributed by atoms with van der Waals surface area (Å²) in [6.07, 6.45) is 0.767. The predicted octanol–water partition coefficient (Wildman–Crippen LogP) is 4.65. The maximum atomic E-state index is 13.2. The molecule has 0 unspecified atom stereocenters. The molecule has 0 spiro atoms. The molecule has 0 saturated carbocycles. The van der Waals surface area contributed by atoms with Gasteiger partial charge in [0.25, 0.3) is 5.91 Å². The van der Waals surface area contributed by atoms with Gasteiger partial charge in [-0.2, -0.15) is 0 Å². The fourth-order valence-corrected chi connectivity index (χ4v) is 3.36. The standard InChI is InChI=1S/C24H27N3O2/c1-5-12-27(15-23(28)26-21-9-7-6-8-17(21)3)24(29)20-14-19-11-10-16(2)13-22(19)25-18(20)4/h6-11,13-14H,5,12,15H2,1-4H3,(H,26,28). The van der Waals surface area contributed by atoms with Crippen LogP contribution in [0.2, 0.25) is 0 Å². The molecular formula is C24H27N3O2. The highest BCUT2D eigenvalue weighted by atomic mass is 16.2. The van der Waals surface area contributed by atoms with Crippen LogP contribution in [0.4, 0.5) is 5.69 Å². The smallest absolute Gasteiger partial charge is 0.256 e. The molecule has 2 aromatic carbocycles. The molecule has 150 valence electrons. The Balaban J connectivity index is 1.83. The van der Waals surface area contributed by atoms with E-state index >= 15 is 0 Å². The molecule has 0 aliphatic heterocycles. The fourth-order valence-electron chi connectivity index (χ4n) is 3.36. The number of hydrogen-bond donors (Lipinski definition) is 1. The number of amides is 2. The highest BCUT2D eigenvalue weighted by Gasteiger charge is 2.21. The van der Waals surface area contributed by atoms with Crippen LogP contribution in [0.15, 0.2) is 48.5 Å². The molecule has 1 N–H and O–H groups in total. The van der Waals surface area contributed by atoms with Gasteiger partial charge in [-0.1, -0.05) is 37.3 Å². The van der Waals surface area contributed by atoms with Crippen molar-refractivity contribution >= 4 is 28.4 Å². The molecule has 0 atom stereocenters. The molecule has 3 rings (SSSR count). The third kappa shape index (κ3) is 4.80. The number of carbonyl (C=O) groups is 2. The van der Waals surface area contributed by atoms with E-state index in [9.17, 15) is 9.59 Å². The SMILES string of the molecule is CCCN(CC(=O)Nc1ccccc1C)C(=O)c1cc2ccc(C)cc2nc1C. The van der Waals surface area contributed by atoms with Crippen LogP contribution in [0.1, 0.15) is 40.5 Å². The van der Waals surface area contributed by atoms with Gasteiger partial charge in [-0.25, -0.2) is 0 Å². The Morgan fingerprint density at radius 1 is 1.03 bits per heavy atom. The van der Waals surface area contributed by atoms with Gasteiger partial charge in [0.05, 0.1) is 16.8 Å². The van der Waals surface area contributed by atoms with Crippen LogP contribution < -0.4 is 5.32 Å². The molecule has 29 heavy (non-hydrogen) atoms. The first-order chi connectivity index (χ1) is 13.9. The van der Waals surface area contributed by atoms with Gasteiger partial charge in [0.1, 0.15) is 6.54 Å². The Morgan fingerprint density at radius 3 is 2.52 bits per heavy atom. The maximum absolute atomic E-state index is 13.2. The lowest BCUT2D eigenvalue weighted by Gasteiger charge is -2.23. The number of carbonyl (C=O) groups excluding carboxylic acids is 2. The first kappa shape index (κ1) is 20.5. The second-order valence-corrected chi connectivity index (χ2v) is 7.41. The van der Waals surface area contributed by atoms with Crippen LogP contribution in [0.25, 0.3) is 10.9 Å². The average Bonchev–Trinajstić information content (AvgIpc) is 2.68. The summed E-state index contributed by atoms with van der Waals surface area (Å²) in [5, 5.41) is 3.83. The van der Waals surface area contributed by atoms with Crippen LogP contribution in [-0.4, -0.2) is 34.8 Å². The van der Waals surface area contributed by atoms with E-state index in [0.29, 0.717) is 17.8 Å². The van der Waals surface area contributed by atoms with E-state index in [4.69, 9.17) is 0 Å². The Kier molecular flexibility index (Phi) is 6.27. The topological polar surface area (TPSA) is 62.3 Å². The molecule has 2 amide bonds. The fraction of sp³-hybridized carbons (Fsp3) is 0.292. The van der Waals surface area contributed by atoms with Crippen molar-refractivity contribution in [1.82, 2.24) is 9.88 Å². The van der Waals surface area contributed by atoms with Crippen molar-refractivity contribution in [2.24, 2.45) is 0 Å². The summed E-state index contributed by atoms with van der Waals surface area (Å²) in [5.41, 5.74) is 4.97. The maximum Gasteiger partial charge on any atom is 0.256 e. The zero-order chi connectivity index (χ0) is 21.0. The molecule has 0 saturated heterocycles. The zero-order valence-electron chi connectivity index (χ0n) is 17.5. The largest absolute Gasteiger partial charge is 0.329 e. The van der Waals surface area contributed by atoms with Gasteiger partial charge in [0, 0.05) is 17.6 Å². The number of anilines is 1. The third-order valence-electron chi connectivity index (χ3n) is 4.93. The van der Waals surface area contributed by atoms with Crippen molar-refractivity contribution in [3.63, 3.8) is 0 Å². The number of aryl methyl sites for hydroxylation is 3. The molecule has 0 bridgehead atoms. The van der Waals surface area contributed by atoms with Crippen LogP contribution in [-0.2, 0) is 4.79 Å². The lowest BCUT2D eigenvalue weighted by molar-refractivity contribution is -0.116. The number of rotatable bonds is 6. The normalized spacial score (nSPS) is 10.8.